The Kier molecular flexibility index (Phi) is 4.85. The number of amides is 2. The van der Waals surface area contributed by atoms with E-state index in [1.807, 2.05) is 32.0 Å². The molecule has 1 aromatic heterocycles. The molecule has 6 nitrogen and oxygen atoms in total. The molecule has 0 bridgehead atoms. The minimum atomic E-state index is -0.310. The summed E-state index contributed by atoms with van der Waals surface area (Å²) in [4.78, 5) is 18.4. The molecule has 24 heavy (non-hydrogen) atoms. The number of rotatable bonds is 3. The number of hydrogen-bond acceptors (Lipinski definition) is 4. The Morgan fingerprint density at radius 2 is 2.17 bits per heavy atom. The number of aliphatic hydroxyl groups excluding tert-OH is 1. The number of benzene rings is 1. The maximum atomic E-state index is 12.5. The largest absolute Gasteiger partial charge is 0.445 e. The molecule has 2 N–H and O–H groups in total. The van der Waals surface area contributed by atoms with Gasteiger partial charge in [-0.3, -0.25) is 0 Å². The minimum Gasteiger partial charge on any atom is -0.445 e. The summed E-state index contributed by atoms with van der Waals surface area (Å²) >= 11 is 0. The van der Waals surface area contributed by atoms with Gasteiger partial charge in [0.25, 0.3) is 0 Å². The normalized spacial score (nSPS) is 16.9. The van der Waals surface area contributed by atoms with E-state index in [1.54, 1.807) is 11.1 Å². The van der Waals surface area contributed by atoms with Gasteiger partial charge >= 0.3 is 6.03 Å². The zero-order chi connectivity index (χ0) is 17.1. The van der Waals surface area contributed by atoms with Crippen molar-refractivity contribution in [1.82, 2.24) is 9.88 Å². The first-order valence-electron chi connectivity index (χ1n) is 8.29. The number of likely N-dealkylation sites (tertiary alicyclic amines) is 1. The van der Waals surface area contributed by atoms with E-state index in [1.165, 1.54) is 6.26 Å². The lowest BCUT2D eigenvalue weighted by molar-refractivity contribution is 0.0820. The molecule has 1 fully saturated rings. The van der Waals surface area contributed by atoms with Gasteiger partial charge in [0.15, 0.2) is 0 Å². The van der Waals surface area contributed by atoms with E-state index >= 15 is 0 Å². The zero-order valence-electron chi connectivity index (χ0n) is 14.0. The highest BCUT2D eigenvalue weighted by Gasteiger charge is 2.25. The quantitative estimate of drug-likeness (QED) is 0.906. The predicted molar refractivity (Wildman–Crippen MR) is 91.7 cm³/mol. The molecule has 0 spiro atoms. The Balaban J connectivity index is 1.67. The van der Waals surface area contributed by atoms with Gasteiger partial charge in [0, 0.05) is 24.3 Å². The summed E-state index contributed by atoms with van der Waals surface area (Å²) in [6, 6.07) is 5.63. The van der Waals surface area contributed by atoms with Crippen molar-refractivity contribution in [1.29, 1.82) is 0 Å². The first-order valence-corrected chi connectivity index (χ1v) is 8.29. The van der Waals surface area contributed by atoms with Gasteiger partial charge in [-0.15, -0.1) is 0 Å². The molecule has 0 saturated carbocycles. The molecular weight excluding hydrogens is 306 g/mol. The number of carbonyl (C=O) groups is 1. The Labute approximate surface area is 141 Å². The van der Waals surface area contributed by atoms with Crippen LogP contribution in [0.4, 0.5) is 10.5 Å². The molecule has 0 radical (unpaired) electrons. The van der Waals surface area contributed by atoms with E-state index in [4.69, 9.17) is 4.42 Å². The molecule has 1 unspecified atom stereocenters. The number of anilines is 1. The van der Waals surface area contributed by atoms with Crippen molar-refractivity contribution in [3.8, 4) is 11.5 Å². The van der Waals surface area contributed by atoms with Crippen LogP contribution in [-0.2, 0) is 0 Å². The van der Waals surface area contributed by atoms with Crippen LogP contribution in [0.25, 0.3) is 11.5 Å². The predicted octanol–water partition coefficient (Wildman–Crippen LogP) is 3.27. The summed E-state index contributed by atoms with van der Waals surface area (Å²) in [5, 5.41) is 12.6. The lowest BCUT2D eigenvalue weighted by atomic mass is 9.92. The van der Waals surface area contributed by atoms with E-state index in [0.29, 0.717) is 19.0 Å². The van der Waals surface area contributed by atoms with Crippen molar-refractivity contribution < 1.29 is 14.3 Å². The SMILES string of the molecule is Cc1ccc(-c2ncco2)cc1NC(=O)N1CCC(C(C)O)CC1. The fraction of sp³-hybridized carbons (Fsp3) is 0.444. The van der Waals surface area contributed by atoms with Crippen LogP contribution in [0.5, 0.6) is 0 Å². The molecule has 128 valence electrons. The van der Waals surface area contributed by atoms with Crippen LogP contribution >= 0.6 is 0 Å². The lowest BCUT2D eigenvalue weighted by Crippen LogP contribution is -2.42. The third kappa shape index (κ3) is 3.59. The van der Waals surface area contributed by atoms with Crippen LogP contribution in [0.2, 0.25) is 0 Å². The van der Waals surface area contributed by atoms with Crippen molar-refractivity contribution in [3.63, 3.8) is 0 Å². The van der Waals surface area contributed by atoms with E-state index < -0.39 is 0 Å². The molecule has 6 heteroatoms. The molecule has 1 aliphatic rings. The number of aryl methyl sites for hydroxylation is 1. The van der Waals surface area contributed by atoms with E-state index in [0.717, 1.165) is 29.7 Å². The number of oxazole rings is 1. The highest BCUT2D eigenvalue weighted by Crippen LogP contribution is 2.25. The summed E-state index contributed by atoms with van der Waals surface area (Å²) in [5.41, 5.74) is 2.57. The molecule has 1 aromatic carbocycles. The van der Waals surface area contributed by atoms with E-state index in [-0.39, 0.29) is 18.1 Å². The van der Waals surface area contributed by atoms with Crippen LogP contribution < -0.4 is 5.32 Å². The van der Waals surface area contributed by atoms with Gasteiger partial charge in [0.2, 0.25) is 5.89 Å². The van der Waals surface area contributed by atoms with Gasteiger partial charge in [0.05, 0.1) is 12.3 Å². The van der Waals surface area contributed by atoms with Gasteiger partial charge in [-0.2, -0.15) is 0 Å². The second-order valence-corrected chi connectivity index (χ2v) is 6.36. The van der Waals surface area contributed by atoms with Crippen molar-refractivity contribution in [3.05, 3.63) is 36.2 Å². The summed E-state index contributed by atoms with van der Waals surface area (Å²) in [5.74, 6) is 0.812. The van der Waals surface area contributed by atoms with Crippen molar-refractivity contribution in [2.24, 2.45) is 5.92 Å². The monoisotopic (exact) mass is 329 g/mol. The van der Waals surface area contributed by atoms with Crippen LogP contribution in [0.15, 0.2) is 35.1 Å². The van der Waals surface area contributed by atoms with Gasteiger partial charge in [-0.25, -0.2) is 9.78 Å². The molecule has 2 amide bonds. The molecule has 2 aromatic rings. The van der Waals surface area contributed by atoms with Gasteiger partial charge in [0.1, 0.15) is 6.26 Å². The van der Waals surface area contributed by atoms with E-state index in [2.05, 4.69) is 10.3 Å². The van der Waals surface area contributed by atoms with Crippen molar-refractivity contribution in [2.45, 2.75) is 32.8 Å². The Morgan fingerprint density at radius 3 is 2.79 bits per heavy atom. The fourth-order valence-corrected chi connectivity index (χ4v) is 3.03. The molecule has 3 rings (SSSR count). The number of urea groups is 1. The number of carbonyl (C=O) groups excluding carboxylic acids is 1. The number of piperidine rings is 1. The molecule has 1 aliphatic heterocycles. The summed E-state index contributed by atoms with van der Waals surface area (Å²) in [6.07, 6.45) is 4.48. The Bertz CT molecular complexity index is 690. The zero-order valence-corrected chi connectivity index (χ0v) is 14.0. The molecule has 2 heterocycles. The highest BCUT2D eigenvalue weighted by molar-refractivity contribution is 5.91. The maximum absolute atomic E-state index is 12.5. The molecule has 0 aliphatic carbocycles. The highest BCUT2D eigenvalue weighted by atomic mass is 16.3. The third-order valence-electron chi connectivity index (χ3n) is 4.67. The van der Waals surface area contributed by atoms with Crippen molar-refractivity contribution >= 4 is 11.7 Å². The molecule has 1 saturated heterocycles. The van der Waals surface area contributed by atoms with Crippen LogP contribution in [-0.4, -0.2) is 40.2 Å². The summed E-state index contributed by atoms with van der Waals surface area (Å²) in [7, 11) is 0. The van der Waals surface area contributed by atoms with Gasteiger partial charge < -0.3 is 19.7 Å². The van der Waals surface area contributed by atoms with Gasteiger partial charge in [-0.1, -0.05) is 6.07 Å². The second kappa shape index (κ2) is 7.05. The topological polar surface area (TPSA) is 78.6 Å². The first-order chi connectivity index (χ1) is 11.5. The van der Waals surface area contributed by atoms with Gasteiger partial charge in [-0.05, 0) is 50.3 Å². The number of aliphatic hydroxyl groups is 1. The average Bonchev–Trinajstić information content (AvgIpc) is 3.11. The Morgan fingerprint density at radius 1 is 1.42 bits per heavy atom. The number of aromatic nitrogens is 1. The average molecular weight is 329 g/mol. The second-order valence-electron chi connectivity index (χ2n) is 6.36. The van der Waals surface area contributed by atoms with Crippen LogP contribution in [0, 0.1) is 12.8 Å². The lowest BCUT2D eigenvalue weighted by Gasteiger charge is -2.33. The number of hydrogen-bond donors (Lipinski definition) is 2. The van der Waals surface area contributed by atoms with Crippen LogP contribution in [0.1, 0.15) is 25.3 Å². The summed E-state index contributed by atoms with van der Waals surface area (Å²) in [6.45, 7) is 5.10. The Hall–Kier alpha value is -2.34. The maximum Gasteiger partial charge on any atom is 0.321 e. The number of nitrogens with zero attached hydrogens (tertiary/aromatic N) is 2. The fourth-order valence-electron chi connectivity index (χ4n) is 3.03. The van der Waals surface area contributed by atoms with Crippen LogP contribution in [0.3, 0.4) is 0 Å². The van der Waals surface area contributed by atoms with Crippen molar-refractivity contribution in [2.75, 3.05) is 18.4 Å². The summed E-state index contributed by atoms with van der Waals surface area (Å²) < 4.78 is 5.31. The third-order valence-corrected chi connectivity index (χ3v) is 4.67. The first kappa shape index (κ1) is 16.5. The standard InChI is InChI=1S/C18H23N3O3/c1-12-3-4-15(17-19-7-10-24-17)11-16(12)20-18(23)21-8-5-14(6-9-21)13(2)22/h3-4,7,10-11,13-14,22H,5-6,8-9H2,1-2H3,(H,20,23). The number of nitrogens with one attached hydrogen (secondary N) is 1. The van der Waals surface area contributed by atoms with E-state index in [9.17, 15) is 9.90 Å². The molecule has 1 atom stereocenters. The molecular formula is C18H23N3O3. The minimum absolute atomic E-state index is 0.105. The smallest absolute Gasteiger partial charge is 0.321 e.